The molecule has 1 aliphatic heterocycles. The molecule has 0 radical (unpaired) electrons. The van der Waals surface area contributed by atoms with Crippen molar-refractivity contribution in [1.82, 2.24) is 10.2 Å². The molecule has 0 N–H and O–H groups in total. The van der Waals surface area contributed by atoms with Gasteiger partial charge in [0.2, 0.25) is 0 Å². The molecule has 4 nitrogen and oxygen atoms in total. The van der Waals surface area contributed by atoms with Crippen LogP contribution in [0, 0.1) is 5.92 Å². The SMILES string of the molecule is CN(CC1CCOCC1)c1cc(Cl)nnc1Cl. The van der Waals surface area contributed by atoms with Gasteiger partial charge in [-0.1, -0.05) is 23.2 Å². The van der Waals surface area contributed by atoms with Gasteiger partial charge < -0.3 is 9.64 Å². The zero-order valence-corrected chi connectivity index (χ0v) is 11.2. The van der Waals surface area contributed by atoms with Crippen molar-refractivity contribution in [2.24, 2.45) is 5.92 Å². The quantitative estimate of drug-likeness (QED) is 0.850. The minimum Gasteiger partial charge on any atom is -0.381 e. The first kappa shape index (κ1) is 12.9. The molecule has 0 aromatic carbocycles. The molecule has 0 bridgehead atoms. The van der Waals surface area contributed by atoms with E-state index in [1.165, 1.54) is 0 Å². The Morgan fingerprint density at radius 2 is 2.06 bits per heavy atom. The molecule has 17 heavy (non-hydrogen) atoms. The Kier molecular flexibility index (Phi) is 4.42. The second kappa shape index (κ2) is 5.85. The van der Waals surface area contributed by atoms with Gasteiger partial charge in [0.15, 0.2) is 10.3 Å². The number of hydrogen-bond acceptors (Lipinski definition) is 4. The highest BCUT2D eigenvalue weighted by molar-refractivity contribution is 6.33. The van der Waals surface area contributed by atoms with E-state index in [0.29, 0.717) is 16.2 Å². The molecule has 6 heteroatoms. The molecule has 0 aliphatic carbocycles. The number of aromatic nitrogens is 2. The van der Waals surface area contributed by atoms with Crippen molar-refractivity contribution in [1.29, 1.82) is 0 Å². The Hall–Kier alpha value is -0.580. The van der Waals surface area contributed by atoms with Gasteiger partial charge >= 0.3 is 0 Å². The lowest BCUT2D eigenvalue weighted by molar-refractivity contribution is 0.0685. The number of rotatable bonds is 3. The third-order valence-electron chi connectivity index (χ3n) is 2.98. The van der Waals surface area contributed by atoms with Gasteiger partial charge in [0.1, 0.15) is 0 Å². The smallest absolute Gasteiger partial charge is 0.175 e. The van der Waals surface area contributed by atoms with Crippen LogP contribution in [-0.4, -0.2) is 37.0 Å². The van der Waals surface area contributed by atoms with Crippen molar-refractivity contribution >= 4 is 28.9 Å². The molecule has 1 saturated heterocycles. The lowest BCUT2D eigenvalue weighted by atomic mass is 10.00. The number of anilines is 1. The summed E-state index contributed by atoms with van der Waals surface area (Å²) in [6, 6.07) is 1.75. The van der Waals surface area contributed by atoms with E-state index in [2.05, 4.69) is 15.1 Å². The molecule has 94 valence electrons. The molecule has 1 aliphatic rings. The normalized spacial score (nSPS) is 17.1. The number of ether oxygens (including phenoxy) is 1. The van der Waals surface area contributed by atoms with Crippen LogP contribution in [0.25, 0.3) is 0 Å². The summed E-state index contributed by atoms with van der Waals surface area (Å²) in [6.07, 6.45) is 2.18. The molecule has 0 saturated carbocycles. The zero-order valence-electron chi connectivity index (χ0n) is 9.70. The largest absolute Gasteiger partial charge is 0.381 e. The molecular weight excluding hydrogens is 261 g/mol. The van der Waals surface area contributed by atoms with Crippen LogP contribution in [0.2, 0.25) is 10.3 Å². The van der Waals surface area contributed by atoms with Gasteiger partial charge in [0, 0.05) is 32.9 Å². The Balaban J connectivity index is 2.02. The third kappa shape index (κ3) is 3.44. The van der Waals surface area contributed by atoms with Crippen LogP contribution >= 0.6 is 23.2 Å². The summed E-state index contributed by atoms with van der Waals surface area (Å²) >= 11 is 11.8. The van der Waals surface area contributed by atoms with Gasteiger partial charge in [-0.25, -0.2) is 0 Å². The molecule has 1 fully saturated rings. The highest BCUT2D eigenvalue weighted by atomic mass is 35.5. The minimum atomic E-state index is 0.364. The number of nitrogens with zero attached hydrogens (tertiary/aromatic N) is 3. The van der Waals surface area contributed by atoms with Crippen LogP contribution in [0.1, 0.15) is 12.8 Å². The standard InChI is InChI=1S/C11H15Cl2N3O/c1-16(7-8-2-4-17-5-3-8)9-6-10(12)14-15-11(9)13/h6,8H,2-5,7H2,1H3. The van der Waals surface area contributed by atoms with E-state index in [1.807, 2.05) is 7.05 Å². The molecule has 2 rings (SSSR count). The predicted molar refractivity (Wildman–Crippen MR) is 68.9 cm³/mol. The molecule has 1 aromatic rings. The Bertz CT molecular complexity index is 383. The maximum absolute atomic E-state index is 6.01. The first-order chi connectivity index (χ1) is 8.16. The van der Waals surface area contributed by atoms with E-state index in [-0.39, 0.29) is 0 Å². The molecule has 1 aromatic heterocycles. The molecular formula is C11H15Cl2N3O. The summed E-state index contributed by atoms with van der Waals surface area (Å²) in [5.74, 6) is 0.636. The highest BCUT2D eigenvalue weighted by Gasteiger charge is 2.18. The maximum Gasteiger partial charge on any atom is 0.175 e. The van der Waals surface area contributed by atoms with Crippen molar-refractivity contribution in [3.63, 3.8) is 0 Å². The van der Waals surface area contributed by atoms with E-state index in [4.69, 9.17) is 27.9 Å². The van der Waals surface area contributed by atoms with Crippen LogP contribution in [-0.2, 0) is 4.74 Å². The van der Waals surface area contributed by atoms with Crippen LogP contribution in [0.4, 0.5) is 5.69 Å². The number of hydrogen-bond donors (Lipinski definition) is 0. The Morgan fingerprint density at radius 1 is 1.35 bits per heavy atom. The topological polar surface area (TPSA) is 38.2 Å². The molecule has 0 atom stereocenters. The van der Waals surface area contributed by atoms with Crippen LogP contribution < -0.4 is 4.90 Å². The highest BCUT2D eigenvalue weighted by Crippen LogP contribution is 2.26. The van der Waals surface area contributed by atoms with Gasteiger partial charge in [-0.05, 0) is 18.8 Å². The Morgan fingerprint density at radius 3 is 2.76 bits per heavy atom. The molecule has 0 amide bonds. The average Bonchev–Trinajstić information content (AvgIpc) is 2.33. The fraction of sp³-hybridized carbons (Fsp3) is 0.636. The maximum atomic E-state index is 6.01. The van der Waals surface area contributed by atoms with Gasteiger partial charge in [-0.2, -0.15) is 0 Å². The minimum absolute atomic E-state index is 0.364. The van der Waals surface area contributed by atoms with Crippen molar-refractivity contribution in [3.8, 4) is 0 Å². The van der Waals surface area contributed by atoms with Gasteiger partial charge in [0.25, 0.3) is 0 Å². The summed E-state index contributed by atoms with van der Waals surface area (Å²) in [5.41, 5.74) is 0.832. The van der Waals surface area contributed by atoms with E-state index in [0.717, 1.165) is 38.3 Å². The molecule has 0 unspecified atom stereocenters. The number of halogens is 2. The summed E-state index contributed by atoms with van der Waals surface area (Å²) in [6.45, 7) is 2.63. The Labute approximate surface area is 111 Å². The first-order valence-electron chi connectivity index (χ1n) is 5.64. The lowest BCUT2D eigenvalue weighted by Gasteiger charge is -2.28. The summed E-state index contributed by atoms with van der Waals surface area (Å²) in [7, 11) is 1.99. The van der Waals surface area contributed by atoms with Crippen LogP contribution in [0.15, 0.2) is 6.07 Å². The molecule has 0 spiro atoms. The monoisotopic (exact) mass is 275 g/mol. The van der Waals surface area contributed by atoms with Gasteiger partial charge in [0.05, 0.1) is 5.69 Å². The van der Waals surface area contributed by atoms with E-state index in [1.54, 1.807) is 6.07 Å². The predicted octanol–water partition coefficient (Wildman–Crippen LogP) is 2.65. The fourth-order valence-corrected chi connectivity index (χ4v) is 2.40. The lowest BCUT2D eigenvalue weighted by Crippen LogP contribution is -2.29. The summed E-state index contributed by atoms with van der Waals surface area (Å²) in [5, 5.41) is 8.27. The van der Waals surface area contributed by atoms with Crippen molar-refractivity contribution in [3.05, 3.63) is 16.4 Å². The zero-order chi connectivity index (χ0) is 12.3. The van der Waals surface area contributed by atoms with E-state index < -0.39 is 0 Å². The summed E-state index contributed by atoms with van der Waals surface area (Å²) < 4.78 is 5.34. The van der Waals surface area contributed by atoms with Gasteiger partial charge in [-0.15, -0.1) is 10.2 Å². The van der Waals surface area contributed by atoms with Crippen molar-refractivity contribution < 1.29 is 4.74 Å². The molecule has 2 heterocycles. The van der Waals surface area contributed by atoms with Crippen molar-refractivity contribution in [2.75, 3.05) is 31.7 Å². The fourth-order valence-electron chi connectivity index (χ4n) is 2.03. The third-order valence-corrected chi connectivity index (χ3v) is 3.44. The van der Waals surface area contributed by atoms with Crippen LogP contribution in [0.3, 0.4) is 0 Å². The summed E-state index contributed by atoms with van der Waals surface area (Å²) in [4.78, 5) is 2.08. The van der Waals surface area contributed by atoms with E-state index in [9.17, 15) is 0 Å². The van der Waals surface area contributed by atoms with Gasteiger partial charge in [-0.3, -0.25) is 0 Å². The van der Waals surface area contributed by atoms with E-state index >= 15 is 0 Å². The average molecular weight is 276 g/mol. The second-order valence-electron chi connectivity index (χ2n) is 4.28. The second-order valence-corrected chi connectivity index (χ2v) is 5.02. The van der Waals surface area contributed by atoms with Crippen LogP contribution in [0.5, 0.6) is 0 Å². The van der Waals surface area contributed by atoms with Crippen molar-refractivity contribution in [2.45, 2.75) is 12.8 Å². The first-order valence-corrected chi connectivity index (χ1v) is 6.40.